The molecular formula is C61H38N2O2. The first-order valence-corrected chi connectivity index (χ1v) is 22.0. The third kappa shape index (κ3) is 6.26. The molecular weight excluding hydrogens is 793 g/mol. The van der Waals surface area contributed by atoms with Crippen LogP contribution in [0.2, 0.25) is 0 Å². The zero-order valence-electron chi connectivity index (χ0n) is 35.2. The molecule has 13 aromatic rings. The molecule has 304 valence electrons. The van der Waals surface area contributed by atoms with Crippen LogP contribution >= 0.6 is 0 Å². The molecule has 0 bridgehead atoms. The molecule has 0 saturated carbocycles. The molecule has 0 unspecified atom stereocenters. The van der Waals surface area contributed by atoms with Gasteiger partial charge in [0.25, 0.3) is 0 Å². The quantitative estimate of drug-likeness (QED) is 0.150. The van der Waals surface area contributed by atoms with E-state index in [1.807, 2.05) is 30.3 Å². The van der Waals surface area contributed by atoms with Crippen molar-refractivity contribution < 1.29 is 8.83 Å². The van der Waals surface area contributed by atoms with Crippen molar-refractivity contribution in [2.75, 3.05) is 4.90 Å². The minimum atomic E-state index is 0.618. The van der Waals surface area contributed by atoms with Crippen LogP contribution in [0.15, 0.2) is 239 Å². The summed E-state index contributed by atoms with van der Waals surface area (Å²) in [4.78, 5) is 7.36. The summed E-state index contributed by atoms with van der Waals surface area (Å²) in [6.45, 7) is 0. The van der Waals surface area contributed by atoms with Crippen molar-refractivity contribution in [3.05, 3.63) is 231 Å². The summed E-state index contributed by atoms with van der Waals surface area (Å²) in [5, 5.41) is 8.85. The van der Waals surface area contributed by atoms with E-state index in [0.29, 0.717) is 5.89 Å². The second-order valence-electron chi connectivity index (χ2n) is 16.7. The Bertz CT molecular complexity index is 3950. The predicted molar refractivity (Wildman–Crippen MR) is 270 cm³/mol. The van der Waals surface area contributed by atoms with Gasteiger partial charge in [0, 0.05) is 44.0 Å². The lowest BCUT2D eigenvalue weighted by Gasteiger charge is -2.29. The van der Waals surface area contributed by atoms with Crippen LogP contribution in [0.25, 0.3) is 110 Å². The summed E-state index contributed by atoms with van der Waals surface area (Å²) in [6.07, 6.45) is 0. The van der Waals surface area contributed by atoms with E-state index in [2.05, 4.69) is 205 Å². The number of oxazole rings is 1. The summed E-state index contributed by atoms with van der Waals surface area (Å²) in [6, 6.07) is 82.0. The van der Waals surface area contributed by atoms with Gasteiger partial charge < -0.3 is 13.7 Å². The molecule has 0 fully saturated rings. The molecule has 2 heterocycles. The van der Waals surface area contributed by atoms with E-state index in [4.69, 9.17) is 13.8 Å². The summed E-state index contributed by atoms with van der Waals surface area (Å²) in [5.74, 6) is 0.618. The highest BCUT2D eigenvalue weighted by Crippen LogP contribution is 2.46. The van der Waals surface area contributed by atoms with Crippen molar-refractivity contribution in [1.82, 2.24) is 4.98 Å². The van der Waals surface area contributed by atoms with Gasteiger partial charge in [0.2, 0.25) is 5.89 Å². The normalized spacial score (nSPS) is 11.7. The van der Waals surface area contributed by atoms with Crippen LogP contribution in [0.1, 0.15) is 0 Å². The average Bonchev–Trinajstić information content (AvgIpc) is 3.99. The smallest absolute Gasteiger partial charge is 0.227 e. The van der Waals surface area contributed by atoms with Gasteiger partial charge in [0.1, 0.15) is 16.7 Å². The maximum absolute atomic E-state index is 6.65. The van der Waals surface area contributed by atoms with Gasteiger partial charge in [-0.25, -0.2) is 4.98 Å². The minimum absolute atomic E-state index is 0.618. The van der Waals surface area contributed by atoms with Gasteiger partial charge in [-0.1, -0.05) is 158 Å². The predicted octanol–water partition coefficient (Wildman–Crippen LogP) is 17.3. The molecule has 4 nitrogen and oxygen atoms in total. The van der Waals surface area contributed by atoms with Crippen LogP contribution in [0.5, 0.6) is 0 Å². The lowest BCUT2D eigenvalue weighted by Crippen LogP contribution is -2.11. The van der Waals surface area contributed by atoms with E-state index in [1.54, 1.807) is 0 Å². The molecule has 0 N–H and O–H groups in total. The fourth-order valence-corrected chi connectivity index (χ4v) is 9.70. The highest BCUT2D eigenvalue weighted by Gasteiger charge is 2.22. The van der Waals surface area contributed by atoms with Crippen molar-refractivity contribution >= 4 is 82.4 Å². The Morgan fingerprint density at radius 1 is 0.338 bits per heavy atom. The number of benzene rings is 11. The van der Waals surface area contributed by atoms with Crippen molar-refractivity contribution in [3.8, 4) is 44.8 Å². The SMILES string of the molecule is c1ccc(-c2cc(-c3ccc4ccc5ccc6nc(-c7ccccc7)oc6c5c4c3)cc(N(c3ccc4oc5c6ccccc6ccc5c4c3)c3ccccc3-c3ccccc3)c2)cc1. The number of aromatic nitrogens is 1. The van der Waals surface area contributed by atoms with E-state index in [-0.39, 0.29) is 0 Å². The second kappa shape index (κ2) is 15.0. The molecule has 0 spiro atoms. The fraction of sp³-hybridized carbons (Fsp3) is 0. The Labute approximate surface area is 374 Å². The van der Waals surface area contributed by atoms with Gasteiger partial charge in [-0.2, -0.15) is 0 Å². The van der Waals surface area contributed by atoms with Crippen LogP contribution in [0, 0.1) is 0 Å². The monoisotopic (exact) mass is 830 g/mol. The molecule has 0 radical (unpaired) electrons. The number of nitrogens with zero attached hydrogens (tertiary/aromatic N) is 2. The summed E-state index contributed by atoms with van der Waals surface area (Å²) in [7, 11) is 0. The van der Waals surface area contributed by atoms with Gasteiger partial charge >= 0.3 is 0 Å². The van der Waals surface area contributed by atoms with Crippen molar-refractivity contribution in [3.63, 3.8) is 0 Å². The molecule has 0 amide bonds. The van der Waals surface area contributed by atoms with Gasteiger partial charge in [0.05, 0.1) is 5.69 Å². The van der Waals surface area contributed by atoms with Crippen molar-refractivity contribution in [2.45, 2.75) is 0 Å². The number of furan rings is 1. The Hall–Kier alpha value is -8.73. The topological polar surface area (TPSA) is 42.4 Å². The number of rotatable bonds is 7. The van der Waals surface area contributed by atoms with Gasteiger partial charge in [-0.05, 0) is 122 Å². The molecule has 65 heavy (non-hydrogen) atoms. The van der Waals surface area contributed by atoms with Crippen LogP contribution < -0.4 is 4.90 Å². The maximum atomic E-state index is 6.65. The number of anilines is 3. The Morgan fingerprint density at radius 3 is 1.82 bits per heavy atom. The van der Waals surface area contributed by atoms with Crippen LogP contribution in [-0.2, 0) is 0 Å². The van der Waals surface area contributed by atoms with Crippen LogP contribution in [-0.4, -0.2) is 4.98 Å². The number of hydrogen-bond acceptors (Lipinski definition) is 4. The largest absolute Gasteiger partial charge is 0.455 e. The molecule has 4 heteroatoms. The summed E-state index contributed by atoms with van der Waals surface area (Å²) < 4.78 is 13.3. The number of hydrogen-bond donors (Lipinski definition) is 0. The molecule has 2 aromatic heterocycles. The Balaban J connectivity index is 1.06. The van der Waals surface area contributed by atoms with E-state index < -0.39 is 0 Å². The third-order valence-corrected chi connectivity index (χ3v) is 12.8. The summed E-state index contributed by atoms with van der Waals surface area (Å²) >= 11 is 0. The zero-order valence-corrected chi connectivity index (χ0v) is 35.2. The molecule has 0 aliphatic carbocycles. The first-order valence-electron chi connectivity index (χ1n) is 22.0. The zero-order chi connectivity index (χ0) is 42.8. The average molecular weight is 831 g/mol. The minimum Gasteiger partial charge on any atom is -0.455 e. The highest BCUT2D eigenvalue weighted by atomic mass is 16.3. The first-order chi connectivity index (χ1) is 32.2. The first kappa shape index (κ1) is 36.9. The Morgan fingerprint density at radius 2 is 0.985 bits per heavy atom. The molecule has 0 saturated heterocycles. The lowest BCUT2D eigenvalue weighted by atomic mass is 9.93. The van der Waals surface area contributed by atoms with Crippen LogP contribution in [0.3, 0.4) is 0 Å². The van der Waals surface area contributed by atoms with Crippen molar-refractivity contribution in [2.24, 2.45) is 0 Å². The Kier molecular flexibility index (Phi) is 8.50. The van der Waals surface area contributed by atoms with Crippen molar-refractivity contribution in [1.29, 1.82) is 0 Å². The lowest BCUT2D eigenvalue weighted by molar-refractivity contribution is 0.623. The standard InChI is InChI=1S/C61H38N2O2/c1-4-14-39(15-5-1)46-34-47(45-27-25-42-24-26-43-29-32-55-60(58(43)53(42)37-45)65-61(62-55)44-19-8-3-9-20-44)36-49(35-46)63(56-23-13-12-21-50(56)40-16-6-2-7-17-40)48-30-33-57-54(38-48)52-31-28-41-18-10-11-22-51(41)59(52)64-57/h1-38H. The van der Waals surface area contributed by atoms with Gasteiger partial charge in [-0.15, -0.1) is 0 Å². The number of para-hydroxylation sites is 1. The van der Waals surface area contributed by atoms with E-state index in [9.17, 15) is 0 Å². The van der Waals surface area contributed by atoms with Gasteiger partial charge in [0.15, 0.2) is 5.58 Å². The van der Waals surface area contributed by atoms with E-state index in [0.717, 1.165) is 121 Å². The van der Waals surface area contributed by atoms with E-state index >= 15 is 0 Å². The third-order valence-electron chi connectivity index (χ3n) is 12.8. The molecule has 11 aromatic carbocycles. The molecule has 0 atom stereocenters. The van der Waals surface area contributed by atoms with Gasteiger partial charge in [-0.3, -0.25) is 0 Å². The number of fused-ring (bicyclic) bond motifs is 10. The highest BCUT2D eigenvalue weighted by molar-refractivity contribution is 6.19. The fourth-order valence-electron chi connectivity index (χ4n) is 9.70. The molecule has 13 rings (SSSR count). The summed E-state index contributed by atoms with van der Waals surface area (Å²) in [5.41, 5.74) is 14.2. The molecule has 0 aliphatic rings. The second-order valence-corrected chi connectivity index (χ2v) is 16.7. The molecule has 0 aliphatic heterocycles. The van der Waals surface area contributed by atoms with Crippen LogP contribution in [0.4, 0.5) is 17.1 Å². The van der Waals surface area contributed by atoms with E-state index in [1.165, 1.54) is 0 Å². The maximum Gasteiger partial charge on any atom is 0.227 e.